The van der Waals surface area contributed by atoms with Gasteiger partial charge in [0, 0.05) is 25.7 Å². The minimum Gasteiger partial charge on any atom is -0.382 e. The van der Waals surface area contributed by atoms with Crippen LogP contribution in [-0.4, -0.2) is 32.1 Å². The number of nitrogens with two attached hydrogens (primary N) is 2. The molecule has 0 spiro atoms. The van der Waals surface area contributed by atoms with Gasteiger partial charge in [0.2, 0.25) is 0 Å². The minimum atomic E-state index is -0.543. The van der Waals surface area contributed by atoms with Crippen molar-refractivity contribution in [2.24, 2.45) is 5.73 Å². The van der Waals surface area contributed by atoms with Crippen LogP contribution in [0.5, 0.6) is 0 Å². The van der Waals surface area contributed by atoms with E-state index >= 15 is 0 Å². The summed E-state index contributed by atoms with van der Waals surface area (Å²) in [6, 6.07) is 3.16. The Morgan fingerprint density at radius 2 is 2.17 bits per heavy atom. The summed E-state index contributed by atoms with van der Waals surface area (Å²) in [5, 5.41) is 2.62. The summed E-state index contributed by atoms with van der Waals surface area (Å²) in [6.45, 7) is 3.10. The predicted octanol–water partition coefficient (Wildman–Crippen LogP) is 1.57. The summed E-state index contributed by atoms with van der Waals surface area (Å²) in [5.74, 6) is 1.31. The number of hydrogen-bond acceptors (Lipinski definition) is 5. The number of hydrogen-bond donors (Lipinski definition) is 3. The third kappa shape index (κ3) is 2.94. The lowest BCUT2D eigenvalue weighted by molar-refractivity contribution is 0.248. The fourth-order valence-corrected chi connectivity index (χ4v) is 2.83. The molecule has 0 bridgehead atoms. The summed E-state index contributed by atoms with van der Waals surface area (Å²) in [7, 11) is 0. The number of imidazole rings is 1. The number of nitrogens with zero attached hydrogens (tertiary/aromatic N) is 4. The van der Waals surface area contributed by atoms with Crippen molar-refractivity contribution in [2.75, 3.05) is 12.3 Å². The number of carbonyl (C=O) groups is 1. The zero-order chi connectivity index (χ0) is 17.1. The maximum absolute atomic E-state index is 11.0. The highest BCUT2D eigenvalue weighted by atomic mass is 16.2. The van der Waals surface area contributed by atoms with Gasteiger partial charge >= 0.3 is 6.03 Å². The maximum Gasteiger partial charge on any atom is 0.312 e. The van der Waals surface area contributed by atoms with Gasteiger partial charge in [-0.25, -0.2) is 14.8 Å². The van der Waals surface area contributed by atoms with Gasteiger partial charge in [0.15, 0.2) is 5.82 Å². The van der Waals surface area contributed by atoms with Crippen LogP contribution in [0.4, 0.5) is 10.6 Å². The third-order valence-electron chi connectivity index (χ3n) is 3.93. The van der Waals surface area contributed by atoms with E-state index in [-0.39, 0.29) is 0 Å². The number of primary amides is 1. The van der Waals surface area contributed by atoms with Gasteiger partial charge in [-0.05, 0) is 18.6 Å². The largest absolute Gasteiger partial charge is 0.382 e. The van der Waals surface area contributed by atoms with Crippen molar-refractivity contribution >= 4 is 33.9 Å². The van der Waals surface area contributed by atoms with Crippen molar-refractivity contribution < 1.29 is 4.79 Å². The van der Waals surface area contributed by atoms with E-state index in [2.05, 4.69) is 31.8 Å². The Balaban J connectivity index is 2.16. The average Bonchev–Trinajstić information content (AvgIpc) is 2.92. The van der Waals surface area contributed by atoms with E-state index in [9.17, 15) is 4.79 Å². The molecule has 8 heteroatoms. The molecule has 24 heavy (non-hydrogen) atoms. The molecule has 8 nitrogen and oxygen atoms in total. The average molecular weight is 327 g/mol. The number of urea groups is 1. The quantitative estimate of drug-likeness (QED) is 0.634. The molecule has 3 aromatic heterocycles. The van der Waals surface area contributed by atoms with Crippen molar-refractivity contribution in [3.8, 4) is 0 Å². The molecule has 0 aliphatic heterocycles. The summed E-state index contributed by atoms with van der Waals surface area (Å²) in [6.07, 6.45) is 4.64. The SMILES string of the molecule is CCCCc1nc2c(N)nc3cccnc3c2n1CCNC(N)=O. The molecule has 0 saturated carbocycles. The second-order valence-electron chi connectivity index (χ2n) is 5.64. The second-order valence-corrected chi connectivity index (χ2v) is 5.64. The normalized spacial score (nSPS) is 11.2. The van der Waals surface area contributed by atoms with Crippen LogP contribution >= 0.6 is 0 Å². The van der Waals surface area contributed by atoms with E-state index in [1.807, 2.05) is 12.1 Å². The molecule has 0 unspecified atom stereocenters. The van der Waals surface area contributed by atoms with E-state index in [1.165, 1.54) is 0 Å². The number of amides is 2. The zero-order valence-electron chi connectivity index (χ0n) is 13.6. The lowest BCUT2D eigenvalue weighted by Gasteiger charge is -2.10. The molecule has 3 aromatic rings. The highest BCUT2D eigenvalue weighted by Gasteiger charge is 2.17. The van der Waals surface area contributed by atoms with E-state index in [1.54, 1.807) is 6.20 Å². The van der Waals surface area contributed by atoms with Crippen molar-refractivity contribution in [3.05, 3.63) is 24.2 Å². The summed E-state index contributed by atoms with van der Waals surface area (Å²) >= 11 is 0. The lowest BCUT2D eigenvalue weighted by Crippen LogP contribution is -2.32. The van der Waals surface area contributed by atoms with Gasteiger partial charge in [0.1, 0.15) is 22.4 Å². The molecule has 0 saturated heterocycles. The Labute approximate surface area is 139 Å². The van der Waals surface area contributed by atoms with E-state index in [4.69, 9.17) is 11.5 Å². The molecule has 126 valence electrons. The van der Waals surface area contributed by atoms with Crippen LogP contribution in [0.25, 0.3) is 22.1 Å². The van der Waals surface area contributed by atoms with E-state index in [0.717, 1.165) is 41.6 Å². The molecule has 0 fully saturated rings. The maximum atomic E-state index is 11.0. The monoisotopic (exact) mass is 327 g/mol. The molecule has 0 atom stereocenters. The highest BCUT2D eigenvalue weighted by molar-refractivity contribution is 6.04. The van der Waals surface area contributed by atoms with Crippen LogP contribution in [0.1, 0.15) is 25.6 Å². The van der Waals surface area contributed by atoms with E-state index in [0.29, 0.717) is 24.4 Å². The molecule has 0 radical (unpaired) electrons. The van der Waals surface area contributed by atoms with Gasteiger partial charge in [0.05, 0.1) is 5.52 Å². The van der Waals surface area contributed by atoms with Crippen LogP contribution in [0.2, 0.25) is 0 Å². The molecular formula is C16H21N7O. The van der Waals surface area contributed by atoms with Gasteiger partial charge in [-0.1, -0.05) is 13.3 Å². The fraction of sp³-hybridized carbons (Fsp3) is 0.375. The number of aromatic nitrogens is 4. The van der Waals surface area contributed by atoms with Crippen LogP contribution in [-0.2, 0) is 13.0 Å². The van der Waals surface area contributed by atoms with Gasteiger partial charge in [-0.15, -0.1) is 0 Å². The first-order valence-electron chi connectivity index (χ1n) is 8.04. The first-order chi connectivity index (χ1) is 11.6. The molecule has 5 N–H and O–H groups in total. The molecule has 0 aromatic carbocycles. The predicted molar refractivity (Wildman–Crippen MR) is 93.4 cm³/mol. The number of rotatable bonds is 6. The summed E-state index contributed by atoms with van der Waals surface area (Å²) < 4.78 is 2.06. The first-order valence-corrected chi connectivity index (χ1v) is 8.04. The van der Waals surface area contributed by atoms with Crippen molar-refractivity contribution in [1.29, 1.82) is 0 Å². The van der Waals surface area contributed by atoms with Crippen LogP contribution in [0, 0.1) is 0 Å². The van der Waals surface area contributed by atoms with Crippen molar-refractivity contribution in [1.82, 2.24) is 24.8 Å². The summed E-state index contributed by atoms with van der Waals surface area (Å²) in [5.41, 5.74) is 14.3. The third-order valence-corrected chi connectivity index (χ3v) is 3.93. The number of pyridine rings is 2. The number of unbranched alkanes of at least 4 members (excludes halogenated alkanes) is 1. The number of anilines is 1. The lowest BCUT2D eigenvalue weighted by atomic mass is 10.2. The Morgan fingerprint density at radius 1 is 1.33 bits per heavy atom. The molecule has 2 amide bonds. The molecule has 3 rings (SSSR count). The molecule has 3 heterocycles. The van der Waals surface area contributed by atoms with Crippen molar-refractivity contribution in [3.63, 3.8) is 0 Å². The smallest absolute Gasteiger partial charge is 0.312 e. The van der Waals surface area contributed by atoms with Crippen LogP contribution < -0.4 is 16.8 Å². The molecule has 0 aliphatic carbocycles. The Bertz CT molecular complexity index is 887. The number of fused-ring (bicyclic) bond motifs is 3. The topological polar surface area (TPSA) is 125 Å². The van der Waals surface area contributed by atoms with Gasteiger partial charge in [-0.2, -0.15) is 0 Å². The standard InChI is InChI=1S/C16H21N7O/c1-2-3-6-11-22-13-14(23(11)9-8-20-16(18)24)12-10(21-15(13)17)5-4-7-19-12/h4-5,7H,2-3,6,8-9H2,1H3,(H2,17,21)(H3,18,20,24). The fourth-order valence-electron chi connectivity index (χ4n) is 2.83. The highest BCUT2D eigenvalue weighted by Crippen LogP contribution is 2.27. The van der Waals surface area contributed by atoms with E-state index < -0.39 is 6.03 Å². The molecule has 0 aliphatic rings. The molecular weight excluding hydrogens is 306 g/mol. The Hall–Kier alpha value is -2.90. The van der Waals surface area contributed by atoms with Gasteiger partial charge in [0.25, 0.3) is 0 Å². The van der Waals surface area contributed by atoms with Crippen LogP contribution in [0.15, 0.2) is 18.3 Å². The first kappa shape index (κ1) is 16.0. The second kappa shape index (κ2) is 6.69. The number of nitrogen functional groups attached to an aromatic ring is 1. The van der Waals surface area contributed by atoms with Crippen molar-refractivity contribution in [2.45, 2.75) is 32.7 Å². The number of carbonyl (C=O) groups excluding carboxylic acids is 1. The Kier molecular flexibility index (Phi) is 4.45. The number of aryl methyl sites for hydroxylation is 1. The Morgan fingerprint density at radius 3 is 2.92 bits per heavy atom. The van der Waals surface area contributed by atoms with Gasteiger partial charge < -0.3 is 21.4 Å². The van der Waals surface area contributed by atoms with Gasteiger partial charge in [-0.3, -0.25) is 4.98 Å². The number of nitrogens with one attached hydrogen (secondary N) is 1. The zero-order valence-corrected chi connectivity index (χ0v) is 13.6. The minimum absolute atomic E-state index is 0.393. The van der Waals surface area contributed by atoms with Crippen LogP contribution in [0.3, 0.4) is 0 Å². The summed E-state index contributed by atoms with van der Waals surface area (Å²) in [4.78, 5) is 24.5.